The van der Waals surface area contributed by atoms with Crippen LogP contribution in [0.3, 0.4) is 0 Å². The summed E-state index contributed by atoms with van der Waals surface area (Å²) >= 11 is 0. The van der Waals surface area contributed by atoms with E-state index in [-0.39, 0.29) is 5.41 Å². The molecule has 0 aromatic heterocycles. The molecule has 0 fully saturated rings. The van der Waals surface area contributed by atoms with Crippen molar-refractivity contribution in [1.82, 2.24) is 0 Å². The van der Waals surface area contributed by atoms with Crippen LogP contribution < -0.4 is 0 Å². The summed E-state index contributed by atoms with van der Waals surface area (Å²) in [5.74, 6) is 0.367. The molecule has 0 aliphatic heterocycles. The SMILES string of the molecule is CC1=C(CCCCCCCCCCCCCCCOC(=O)O)CCC(C)(C)C1=O. The number of unbranched alkanes of at least 4 members (excludes halogenated alkanes) is 12. The van der Waals surface area contributed by atoms with Crippen molar-refractivity contribution in [2.75, 3.05) is 6.61 Å². The average molecular weight is 409 g/mol. The number of hydrogen-bond donors (Lipinski definition) is 1. The summed E-state index contributed by atoms with van der Waals surface area (Å²) in [7, 11) is 0. The van der Waals surface area contributed by atoms with Crippen LogP contribution in [-0.2, 0) is 9.53 Å². The predicted octanol–water partition coefficient (Wildman–Crippen LogP) is 7.85. The molecule has 0 aromatic carbocycles. The Morgan fingerprint density at radius 2 is 1.31 bits per heavy atom. The van der Waals surface area contributed by atoms with Gasteiger partial charge in [-0.25, -0.2) is 4.79 Å². The van der Waals surface area contributed by atoms with E-state index in [1.807, 2.05) is 6.92 Å². The number of ketones is 1. The fourth-order valence-corrected chi connectivity index (χ4v) is 4.29. The molecule has 1 aliphatic carbocycles. The zero-order chi connectivity index (χ0) is 21.5. The van der Waals surface area contributed by atoms with Crippen LogP contribution in [0.15, 0.2) is 11.1 Å². The monoisotopic (exact) mass is 408 g/mol. The first-order valence-corrected chi connectivity index (χ1v) is 11.9. The molecular formula is C25H44O4. The van der Waals surface area contributed by atoms with Crippen molar-refractivity contribution < 1.29 is 19.4 Å². The highest BCUT2D eigenvalue weighted by Gasteiger charge is 2.33. The molecule has 0 aromatic rings. The average Bonchev–Trinajstić information content (AvgIpc) is 2.67. The number of carbonyl (C=O) groups excluding carboxylic acids is 1. The van der Waals surface area contributed by atoms with Gasteiger partial charge in [0.15, 0.2) is 5.78 Å². The Labute approximate surface area is 178 Å². The molecule has 0 amide bonds. The molecule has 0 atom stereocenters. The van der Waals surface area contributed by atoms with Gasteiger partial charge in [0.25, 0.3) is 0 Å². The molecule has 0 spiro atoms. The normalized spacial score (nSPS) is 16.3. The Morgan fingerprint density at radius 1 is 0.862 bits per heavy atom. The van der Waals surface area contributed by atoms with E-state index in [1.165, 1.54) is 76.2 Å². The summed E-state index contributed by atoms with van der Waals surface area (Å²) in [6.07, 6.45) is 18.3. The number of rotatable bonds is 16. The standard InChI is InChI=1S/C25H44O4/c1-21-22(18-19-25(2,3)23(21)26)17-15-13-11-9-7-5-4-6-8-10-12-14-16-20-29-24(27)28/h4-20H2,1-3H3,(H,27,28). The van der Waals surface area contributed by atoms with E-state index >= 15 is 0 Å². The number of hydrogen-bond acceptors (Lipinski definition) is 3. The van der Waals surface area contributed by atoms with Crippen molar-refractivity contribution in [3.63, 3.8) is 0 Å². The number of ether oxygens (including phenoxy) is 1. The molecule has 0 unspecified atom stereocenters. The summed E-state index contributed by atoms with van der Waals surface area (Å²) in [6.45, 7) is 6.53. The maximum atomic E-state index is 12.4. The minimum atomic E-state index is -1.16. The third kappa shape index (κ3) is 11.4. The molecule has 0 heterocycles. The molecule has 29 heavy (non-hydrogen) atoms. The maximum Gasteiger partial charge on any atom is 0.505 e. The van der Waals surface area contributed by atoms with E-state index in [0.29, 0.717) is 12.4 Å². The quantitative estimate of drug-likeness (QED) is 0.209. The predicted molar refractivity (Wildman–Crippen MR) is 119 cm³/mol. The Hall–Kier alpha value is -1.32. The van der Waals surface area contributed by atoms with Crippen LogP contribution in [0, 0.1) is 5.41 Å². The largest absolute Gasteiger partial charge is 0.505 e. The van der Waals surface area contributed by atoms with Gasteiger partial charge >= 0.3 is 6.16 Å². The lowest BCUT2D eigenvalue weighted by molar-refractivity contribution is -0.124. The molecule has 4 heteroatoms. The summed E-state index contributed by atoms with van der Waals surface area (Å²) in [5, 5.41) is 8.37. The second-order valence-corrected chi connectivity index (χ2v) is 9.40. The molecule has 1 aliphatic rings. The second-order valence-electron chi connectivity index (χ2n) is 9.40. The first kappa shape index (κ1) is 25.7. The molecule has 0 saturated heterocycles. The van der Waals surface area contributed by atoms with E-state index < -0.39 is 6.16 Å². The number of carboxylic acid groups (broad SMARTS) is 1. The van der Waals surface area contributed by atoms with Gasteiger partial charge in [-0.3, -0.25) is 4.79 Å². The van der Waals surface area contributed by atoms with Crippen LogP contribution in [0.1, 0.15) is 124 Å². The lowest BCUT2D eigenvalue weighted by Crippen LogP contribution is -2.29. The summed E-state index contributed by atoms with van der Waals surface area (Å²) in [6, 6.07) is 0. The minimum Gasteiger partial charge on any atom is -0.450 e. The zero-order valence-electron chi connectivity index (χ0n) is 19.2. The Morgan fingerprint density at radius 3 is 1.79 bits per heavy atom. The molecule has 1 rings (SSSR count). The minimum absolute atomic E-state index is 0.148. The maximum absolute atomic E-state index is 12.4. The highest BCUT2D eigenvalue weighted by atomic mass is 16.7. The van der Waals surface area contributed by atoms with E-state index in [1.54, 1.807) is 0 Å². The number of allylic oxidation sites excluding steroid dienone is 2. The van der Waals surface area contributed by atoms with Gasteiger partial charge in [-0.1, -0.05) is 90.0 Å². The number of carbonyl (C=O) groups is 2. The van der Waals surface area contributed by atoms with Gasteiger partial charge in [0.2, 0.25) is 0 Å². The fourth-order valence-electron chi connectivity index (χ4n) is 4.29. The first-order valence-electron chi connectivity index (χ1n) is 11.9. The third-order valence-corrected chi connectivity index (χ3v) is 6.39. The van der Waals surface area contributed by atoms with Gasteiger partial charge in [0.05, 0.1) is 6.61 Å². The van der Waals surface area contributed by atoms with Crippen molar-refractivity contribution in [2.45, 2.75) is 124 Å². The van der Waals surface area contributed by atoms with Crippen LogP contribution in [0.25, 0.3) is 0 Å². The van der Waals surface area contributed by atoms with Gasteiger partial charge in [-0.05, 0) is 44.6 Å². The second kappa shape index (κ2) is 14.6. The highest BCUT2D eigenvalue weighted by Crippen LogP contribution is 2.37. The molecule has 0 saturated carbocycles. The van der Waals surface area contributed by atoms with Crippen LogP contribution in [0.5, 0.6) is 0 Å². The Kier molecular flexibility index (Phi) is 13.0. The highest BCUT2D eigenvalue weighted by molar-refractivity contribution is 6.00. The summed E-state index contributed by atoms with van der Waals surface area (Å²) in [4.78, 5) is 22.6. The van der Waals surface area contributed by atoms with Crippen LogP contribution in [-0.4, -0.2) is 23.7 Å². The van der Waals surface area contributed by atoms with E-state index in [0.717, 1.165) is 37.7 Å². The molecule has 0 radical (unpaired) electrons. The van der Waals surface area contributed by atoms with Crippen molar-refractivity contribution in [3.8, 4) is 0 Å². The van der Waals surface area contributed by atoms with Crippen molar-refractivity contribution in [2.24, 2.45) is 5.41 Å². The van der Waals surface area contributed by atoms with Crippen LogP contribution in [0.2, 0.25) is 0 Å². The van der Waals surface area contributed by atoms with Crippen molar-refractivity contribution >= 4 is 11.9 Å². The molecule has 0 bridgehead atoms. The Bertz CT molecular complexity index is 519. The first-order chi connectivity index (χ1) is 13.8. The molecule has 168 valence electrons. The zero-order valence-corrected chi connectivity index (χ0v) is 19.2. The van der Waals surface area contributed by atoms with Gasteiger partial charge in [0.1, 0.15) is 0 Å². The molecule has 4 nitrogen and oxygen atoms in total. The molecular weight excluding hydrogens is 364 g/mol. The smallest absolute Gasteiger partial charge is 0.450 e. The lowest BCUT2D eigenvalue weighted by Gasteiger charge is -2.30. The van der Waals surface area contributed by atoms with Crippen molar-refractivity contribution in [1.29, 1.82) is 0 Å². The summed E-state index contributed by atoms with van der Waals surface area (Å²) < 4.78 is 4.50. The third-order valence-electron chi connectivity index (χ3n) is 6.39. The van der Waals surface area contributed by atoms with E-state index in [9.17, 15) is 9.59 Å². The lowest BCUT2D eigenvalue weighted by atomic mass is 9.73. The van der Waals surface area contributed by atoms with Crippen molar-refractivity contribution in [3.05, 3.63) is 11.1 Å². The number of Topliss-reactive ketones (excluding diaryl/α,β-unsaturated/α-hetero) is 1. The van der Waals surface area contributed by atoms with Gasteiger partial charge < -0.3 is 9.84 Å². The fraction of sp³-hybridized carbons (Fsp3) is 0.840. The van der Waals surface area contributed by atoms with E-state index in [2.05, 4.69) is 18.6 Å². The van der Waals surface area contributed by atoms with Gasteiger partial charge in [-0.15, -0.1) is 0 Å². The molecule has 1 N–H and O–H groups in total. The Balaban J connectivity index is 1.87. The van der Waals surface area contributed by atoms with Crippen LogP contribution in [0.4, 0.5) is 4.79 Å². The van der Waals surface area contributed by atoms with Gasteiger partial charge in [0, 0.05) is 5.41 Å². The van der Waals surface area contributed by atoms with Gasteiger partial charge in [-0.2, -0.15) is 0 Å². The van der Waals surface area contributed by atoms with E-state index in [4.69, 9.17) is 5.11 Å². The van der Waals surface area contributed by atoms with Crippen LogP contribution >= 0.6 is 0 Å². The topological polar surface area (TPSA) is 63.6 Å². The summed E-state index contributed by atoms with van der Waals surface area (Å²) in [5.41, 5.74) is 2.32.